The third-order valence-corrected chi connectivity index (χ3v) is 4.81. The lowest BCUT2D eigenvalue weighted by Gasteiger charge is -2.43. The number of nitrogens with two attached hydrogens (primary N) is 1. The molecule has 5 heteroatoms. The van der Waals surface area contributed by atoms with E-state index in [4.69, 9.17) is 10.9 Å². The normalized spacial score (nSPS) is 20.6. The molecule has 3 N–H and O–H groups in total. The van der Waals surface area contributed by atoms with Gasteiger partial charge in [0.1, 0.15) is 5.41 Å². The van der Waals surface area contributed by atoms with E-state index in [1.165, 1.54) is 11.1 Å². The van der Waals surface area contributed by atoms with E-state index in [0.717, 1.165) is 24.9 Å². The van der Waals surface area contributed by atoms with E-state index in [1.807, 2.05) is 17.0 Å². The average Bonchev–Trinajstić information content (AvgIpc) is 2.44. The summed E-state index contributed by atoms with van der Waals surface area (Å²) in [5, 5.41) is 12.1. The highest BCUT2D eigenvalue weighted by Gasteiger charge is 2.51. The van der Waals surface area contributed by atoms with Gasteiger partial charge in [-0.1, -0.05) is 29.3 Å². The van der Waals surface area contributed by atoms with Gasteiger partial charge in [-0.15, -0.1) is 0 Å². The van der Waals surface area contributed by atoms with E-state index in [0.29, 0.717) is 19.4 Å². The minimum atomic E-state index is -0.797. The van der Waals surface area contributed by atoms with Gasteiger partial charge in [-0.2, -0.15) is 0 Å². The van der Waals surface area contributed by atoms with Crippen molar-refractivity contribution >= 4 is 17.4 Å². The molecule has 1 aliphatic carbocycles. The Kier molecular flexibility index (Phi) is 3.35. The summed E-state index contributed by atoms with van der Waals surface area (Å²) in [7, 11) is 0. The molecule has 21 heavy (non-hydrogen) atoms. The highest BCUT2D eigenvalue weighted by Crippen LogP contribution is 2.44. The van der Waals surface area contributed by atoms with Gasteiger partial charge in [0.2, 0.25) is 5.91 Å². The molecule has 1 fully saturated rings. The predicted octanol–water partition coefficient (Wildman–Crippen LogP) is 2.19. The molecule has 0 saturated heterocycles. The molecule has 0 unspecified atom stereocenters. The summed E-state index contributed by atoms with van der Waals surface area (Å²) < 4.78 is 0. The standard InChI is InChI=1S/C16H21N3O2/c1-11-5-6-13-12(10-11)4-2-9-19(13)15(20)16(7-3-8-16)14(17)18-21/h5-6,10,21H,2-4,7-9H2,1H3,(H2,17,18). The van der Waals surface area contributed by atoms with Gasteiger partial charge in [0.25, 0.3) is 0 Å². The van der Waals surface area contributed by atoms with Crippen LogP contribution in [0.25, 0.3) is 0 Å². The molecule has 0 radical (unpaired) electrons. The van der Waals surface area contributed by atoms with Crippen molar-refractivity contribution in [3.63, 3.8) is 0 Å². The fraction of sp³-hybridized carbons (Fsp3) is 0.500. The van der Waals surface area contributed by atoms with Crippen LogP contribution in [0.1, 0.15) is 36.8 Å². The summed E-state index contributed by atoms with van der Waals surface area (Å²) in [6, 6.07) is 6.19. The molecular formula is C16H21N3O2. The zero-order valence-corrected chi connectivity index (χ0v) is 12.3. The van der Waals surface area contributed by atoms with Gasteiger partial charge >= 0.3 is 0 Å². The van der Waals surface area contributed by atoms with Gasteiger partial charge in [-0.05, 0) is 44.2 Å². The monoisotopic (exact) mass is 287 g/mol. The molecule has 1 amide bonds. The molecule has 1 aromatic rings. The van der Waals surface area contributed by atoms with Gasteiger partial charge in [-0.25, -0.2) is 0 Å². The second kappa shape index (κ2) is 5.06. The second-order valence-electron chi connectivity index (χ2n) is 6.11. The number of rotatable bonds is 2. The maximum Gasteiger partial charge on any atom is 0.240 e. The minimum absolute atomic E-state index is 0.0196. The van der Waals surface area contributed by atoms with Gasteiger partial charge in [0.05, 0.1) is 0 Å². The number of nitrogens with zero attached hydrogens (tertiary/aromatic N) is 2. The Morgan fingerprint density at radius 3 is 2.76 bits per heavy atom. The Morgan fingerprint density at radius 2 is 2.14 bits per heavy atom. The number of benzene rings is 1. The predicted molar refractivity (Wildman–Crippen MR) is 81.5 cm³/mol. The number of carbonyl (C=O) groups excluding carboxylic acids is 1. The van der Waals surface area contributed by atoms with Crippen molar-refractivity contribution < 1.29 is 10.0 Å². The van der Waals surface area contributed by atoms with Crippen LogP contribution in [0, 0.1) is 12.3 Å². The van der Waals surface area contributed by atoms with Crippen molar-refractivity contribution in [2.24, 2.45) is 16.3 Å². The molecule has 0 aromatic heterocycles. The quantitative estimate of drug-likeness (QED) is 0.379. The van der Waals surface area contributed by atoms with E-state index >= 15 is 0 Å². The van der Waals surface area contributed by atoms with Crippen molar-refractivity contribution in [1.82, 2.24) is 0 Å². The number of fused-ring (bicyclic) bond motifs is 1. The fourth-order valence-corrected chi connectivity index (χ4v) is 3.40. The molecule has 0 atom stereocenters. The first-order chi connectivity index (χ1) is 10.1. The van der Waals surface area contributed by atoms with Crippen LogP contribution in [0.15, 0.2) is 23.4 Å². The Morgan fingerprint density at radius 1 is 1.38 bits per heavy atom. The highest BCUT2D eigenvalue weighted by molar-refractivity contribution is 6.14. The fourth-order valence-electron chi connectivity index (χ4n) is 3.40. The third-order valence-electron chi connectivity index (χ3n) is 4.81. The van der Waals surface area contributed by atoms with Gasteiger partial charge < -0.3 is 15.8 Å². The first-order valence-electron chi connectivity index (χ1n) is 7.48. The summed E-state index contributed by atoms with van der Waals surface area (Å²) in [6.45, 7) is 2.76. The van der Waals surface area contributed by atoms with Gasteiger partial charge in [0.15, 0.2) is 5.84 Å². The van der Waals surface area contributed by atoms with E-state index < -0.39 is 5.41 Å². The number of aryl methyl sites for hydroxylation is 2. The first kappa shape index (κ1) is 13.9. The molecule has 112 valence electrons. The Bertz CT molecular complexity index is 606. The summed E-state index contributed by atoms with van der Waals surface area (Å²) in [5.41, 5.74) is 8.42. The molecule has 1 saturated carbocycles. The zero-order chi connectivity index (χ0) is 15.0. The van der Waals surface area contributed by atoms with E-state index in [2.05, 4.69) is 18.1 Å². The second-order valence-corrected chi connectivity index (χ2v) is 6.11. The maximum absolute atomic E-state index is 13.0. The summed E-state index contributed by atoms with van der Waals surface area (Å²) in [4.78, 5) is 14.8. The van der Waals surface area contributed by atoms with Crippen LogP contribution >= 0.6 is 0 Å². The number of amidine groups is 1. The van der Waals surface area contributed by atoms with Crippen molar-refractivity contribution in [3.8, 4) is 0 Å². The summed E-state index contributed by atoms with van der Waals surface area (Å²) in [6.07, 6.45) is 4.22. The van der Waals surface area contributed by atoms with Crippen LogP contribution in [0.2, 0.25) is 0 Å². The lowest BCUT2D eigenvalue weighted by Crippen LogP contribution is -2.56. The number of hydrogen-bond acceptors (Lipinski definition) is 3. The van der Waals surface area contributed by atoms with Crippen LogP contribution in [0.3, 0.4) is 0 Å². The van der Waals surface area contributed by atoms with Crippen LogP contribution in [0.5, 0.6) is 0 Å². The Hall–Kier alpha value is -2.04. The molecule has 1 aliphatic heterocycles. The number of oxime groups is 1. The largest absolute Gasteiger partial charge is 0.409 e. The van der Waals surface area contributed by atoms with E-state index in [1.54, 1.807) is 0 Å². The van der Waals surface area contributed by atoms with Gasteiger partial charge in [0, 0.05) is 12.2 Å². The highest BCUT2D eigenvalue weighted by atomic mass is 16.4. The minimum Gasteiger partial charge on any atom is -0.409 e. The number of carbonyl (C=O) groups is 1. The number of anilines is 1. The smallest absolute Gasteiger partial charge is 0.240 e. The lowest BCUT2D eigenvalue weighted by atomic mass is 9.66. The summed E-state index contributed by atoms with van der Waals surface area (Å²) in [5.74, 6) is 0.0341. The van der Waals surface area contributed by atoms with Gasteiger partial charge in [-0.3, -0.25) is 4.79 Å². The molecule has 3 rings (SSSR count). The number of amides is 1. The molecule has 1 heterocycles. The van der Waals surface area contributed by atoms with Crippen LogP contribution in [-0.4, -0.2) is 23.5 Å². The Balaban J connectivity index is 1.97. The molecular weight excluding hydrogens is 266 g/mol. The Labute approximate surface area is 124 Å². The van der Waals surface area contributed by atoms with Crippen molar-refractivity contribution in [2.75, 3.05) is 11.4 Å². The molecule has 1 aromatic carbocycles. The molecule has 5 nitrogen and oxygen atoms in total. The van der Waals surface area contributed by atoms with E-state index in [9.17, 15) is 4.79 Å². The van der Waals surface area contributed by atoms with Crippen LogP contribution < -0.4 is 10.6 Å². The number of hydrogen-bond donors (Lipinski definition) is 2. The molecule has 0 spiro atoms. The SMILES string of the molecule is Cc1ccc2c(c1)CCCN2C(=O)C1(/C(N)=N/O)CCC1. The van der Waals surface area contributed by atoms with Crippen molar-refractivity contribution in [2.45, 2.75) is 39.0 Å². The van der Waals surface area contributed by atoms with Crippen LogP contribution in [0.4, 0.5) is 5.69 Å². The topological polar surface area (TPSA) is 78.9 Å². The third kappa shape index (κ3) is 2.07. The molecule has 0 bridgehead atoms. The van der Waals surface area contributed by atoms with Crippen LogP contribution in [-0.2, 0) is 11.2 Å². The average molecular weight is 287 g/mol. The maximum atomic E-state index is 13.0. The van der Waals surface area contributed by atoms with Crippen molar-refractivity contribution in [1.29, 1.82) is 0 Å². The molecule has 2 aliphatic rings. The van der Waals surface area contributed by atoms with E-state index in [-0.39, 0.29) is 11.7 Å². The summed E-state index contributed by atoms with van der Waals surface area (Å²) >= 11 is 0. The first-order valence-corrected chi connectivity index (χ1v) is 7.48. The van der Waals surface area contributed by atoms with Crippen molar-refractivity contribution in [3.05, 3.63) is 29.3 Å². The lowest BCUT2D eigenvalue weighted by molar-refractivity contribution is -0.128. The zero-order valence-electron chi connectivity index (χ0n) is 12.3.